The zero-order valence-corrected chi connectivity index (χ0v) is 9.79. The first-order valence-electron chi connectivity index (χ1n) is 5.13. The van der Waals surface area contributed by atoms with E-state index in [-0.39, 0.29) is 12.0 Å². The molecule has 2 aromatic rings. The van der Waals surface area contributed by atoms with Gasteiger partial charge in [-0.15, -0.1) is 11.8 Å². The van der Waals surface area contributed by atoms with Crippen LogP contribution in [-0.2, 0) is 4.79 Å². The van der Waals surface area contributed by atoms with Gasteiger partial charge in [-0.05, 0) is 17.5 Å². The van der Waals surface area contributed by atoms with Crippen molar-refractivity contribution in [3.8, 4) is 0 Å². The minimum atomic E-state index is -0.833. The Morgan fingerprint density at radius 2 is 2.12 bits per heavy atom. The standard InChI is InChI=1S/C12H11NO3S/c14-11(15)5-6-17-10-7-8-3-1-2-4-9(8)12(16)13-10/h1-4,7H,5-6H2,(H,13,16)(H,14,15). The highest BCUT2D eigenvalue weighted by atomic mass is 32.2. The number of carboxylic acids is 1. The van der Waals surface area contributed by atoms with Crippen LogP contribution in [0.1, 0.15) is 6.42 Å². The molecule has 0 unspecified atom stereocenters. The van der Waals surface area contributed by atoms with Crippen LogP contribution < -0.4 is 5.56 Å². The molecular weight excluding hydrogens is 238 g/mol. The highest BCUT2D eigenvalue weighted by Gasteiger charge is 2.03. The zero-order chi connectivity index (χ0) is 12.3. The summed E-state index contributed by atoms with van der Waals surface area (Å²) in [5.74, 6) is -0.385. The second kappa shape index (κ2) is 5.05. The van der Waals surface area contributed by atoms with E-state index < -0.39 is 5.97 Å². The molecule has 0 bridgehead atoms. The van der Waals surface area contributed by atoms with E-state index >= 15 is 0 Å². The molecule has 1 heterocycles. The Kier molecular flexibility index (Phi) is 3.49. The van der Waals surface area contributed by atoms with E-state index in [9.17, 15) is 9.59 Å². The van der Waals surface area contributed by atoms with Crippen molar-refractivity contribution in [2.45, 2.75) is 11.4 Å². The SMILES string of the molecule is O=C(O)CCSc1cc2ccccc2c(=O)[nH]1. The number of nitrogens with one attached hydrogen (secondary N) is 1. The molecule has 5 heteroatoms. The Bertz CT molecular complexity index is 606. The topological polar surface area (TPSA) is 70.2 Å². The summed E-state index contributed by atoms with van der Waals surface area (Å²) in [6, 6.07) is 9.18. The van der Waals surface area contributed by atoms with Gasteiger partial charge in [-0.1, -0.05) is 18.2 Å². The van der Waals surface area contributed by atoms with E-state index in [1.807, 2.05) is 24.3 Å². The van der Waals surface area contributed by atoms with Crippen LogP contribution in [0.3, 0.4) is 0 Å². The Balaban J connectivity index is 2.25. The number of fused-ring (bicyclic) bond motifs is 1. The van der Waals surface area contributed by atoms with Gasteiger partial charge in [-0.3, -0.25) is 9.59 Å². The van der Waals surface area contributed by atoms with Crippen molar-refractivity contribution in [1.29, 1.82) is 0 Å². The van der Waals surface area contributed by atoms with Crippen molar-refractivity contribution in [2.75, 3.05) is 5.75 Å². The van der Waals surface area contributed by atoms with Crippen molar-refractivity contribution < 1.29 is 9.90 Å². The van der Waals surface area contributed by atoms with Crippen LogP contribution in [-0.4, -0.2) is 21.8 Å². The second-order valence-electron chi connectivity index (χ2n) is 3.54. The third kappa shape index (κ3) is 2.88. The molecule has 0 fully saturated rings. The number of hydrogen-bond acceptors (Lipinski definition) is 3. The molecule has 0 saturated heterocycles. The minimum Gasteiger partial charge on any atom is -0.481 e. The van der Waals surface area contributed by atoms with E-state index in [0.29, 0.717) is 16.2 Å². The predicted octanol–water partition coefficient (Wildman–Crippen LogP) is 2.09. The molecule has 1 aromatic carbocycles. The fourth-order valence-electron chi connectivity index (χ4n) is 1.51. The van der Waals surface area contributed by atoms with Gasteiger partial charge in [0.2, 0.25) is 0 Å². The van der Waals surface area contributed by atoms with Crippen LogP contribution in [0.4, 0.5) is 0 Å². The fourth-order valence-corrected chi connectivity index (χ4v) is 2.38. The van der Waals surface area contributed by atoms with Crippen LogP contribution in [0.25, 0.3) is 10.8 Å². The molecule has 1 aromatic heterocycles. The van der Waals surface area contributed by atoms with E-state index in [2.05, 4.69) is 4.98 Å². The van der Waals surface area contributed by atoms with Crippen LogP contribution >= 0.6 is 11.8 Å². The summed E-state index contributed by atoms with van der Waals surface area (Å²) in [5, 5.41) is 10.8. The van der Waals surface area contributed by atoms with E-state index in [1.54, 1.807) is 6.07 Å². The molecule has 0 aliphatic carbocycles. The third-order valence-electron chi connectivity index (χ3n) is 2.30. The largest absolute Gasteiger partial charge is 0.481 e. The maximum absolute atomic E-state index is 11.7. The Hall–Kier alpha value is -1.75. The van der Waals surface area contributed by atoms with Gasteiger partial charge < -0.3 is 10.1 Å². The first-order chi connectivity index (χ1) is 8.16. The number of benzene rings is 1. The first kappa shape index (κ1) is 11.7. The highest BCUT2D eigenvalue weighted by molar-refractivity contribution is 7.99. The number of pyridine rings is 1. The third-order valence-corrected chi connectivity index (χ3v) is 3.24. The molecule has 0 spiro atoms. The molecule has 2 N–H and O–H groups in total. The fraction of sp³-hybridized carbons (Fsp3) is 0.167. The van der Waals surface area contributed by atoms with Gasteiger partial charge in [0.25, 0.3) is 5.56 Å². The number of aromatic amines is 1. The molecule has 0 radical (unpaired) electrons. The molecule has 0 atom stereocenters. The number of aliphatic carboxylic acids is 1. The number of rotatable bonds is 4. The number of thioether (sulfide) groups is 1. The summed E-state index contributed by atoms with van der Waals surface area (Å²) in [6.45, 7) is 0. The van der Waals surface area contributed by atoms with Crippen molar-refractivity contribution in [1.82, 2.24) is 4.98 Å². The van der Waals surface area contributed by atoms with E-state index in [4.69, 9.17) is 5.11 Å². The van der Waals surface area contributed by atoms with Gasteiger partial charge in [0.05, 0.1) is 11.4 Å². The summed E-state index contributed by atoms with van der Waals surface area (Å²) < 4.78 is 0. The molecule has 0 aliphatic heterocycles. The molecule has 2 rings (SSSR count). The maximum atomic E-state index is 11.7. The van der Waals surface area contributed by atoms with Crippen molar-refractivity contribution in [3.05, 3.63) is 40.7 Å². The number of carbonyl (C=O) groups is 1. The van der Waals surface area contributed by atoms with Gasteiger partial charge in [0.15, 0.2) is 0 Å². The molecule has 0 amide bonds. The van der Waals surface area contributed by atoms with Crippen molar-refractivity contribution in [3.63, 3.8) is 0 Å². The van der Waals surface area contributed by atoms with Crippen molar-refractivity contribution >= 4 is 28.5 Å². The number of H-pyrrole nitrogens is 1. The smallest absolute Gasteiger partial charge is 0.304 e. The lowest BCUT2D eigenvalue weighted by Gasteiger charge is -2.02. The first-order valence-corrected chi connectivity index (χ1v) is 6.12. The number of aromatic nitrogens is 1. The van der Waals surface area contributed by atoms with Gasteiger partial charge >= 0.3 is 5.97 Å². The van der Waals surface area contributed by atoms with Gasteiger partial charge in [0.1, 0.15) is 0 Å². The number of carboxylic acid groups (broad SMARTS) is 1. The monoisotopic (exact) mass is 249 g/mol. The molecule has 0 aliphatic rings. The number of hydrogen-bond donors (Lipinski definition) is 2. The summed E-state index contributed by atoms with van der Waals surface area (Å²) in [7, 11) is 0. The lowest BCUT2D eigenvalue weighted by atomic mass is 10.2. The summed E-state index contributed by atoms with van der Waals surface area (Å²) >= 11 is 1.34. The Morgan fingerprint density at radius 3 is 2.88 bits per heavy atom. The van der Waals surface area contributed by atoms with E-state index in [0.717, 1.165) is 5.39 Å². The summed E-state index contributed by atoms with van der Waals surface area (Å²) in [4.78, 5) is 24.8. The van der Waals surface area contributed by atoms with Crippen LogP contribution in [0.2, 0.25) is 0 Å². The van der Waals surface area contributed by atoms with Crippen LogP contribution in [0.5, 0.6) is 0 Å². The van der Waals surface area contributed by atoms with Crippen LogP contribution in [0.15, 0.2) is 40.2 Å². The molecule has 0 saturated carbocycles. The molecule has 88 valence electrons. The lowest BCUT2D eigenvalue weighted by Crippen LogP contribution is -2.07. The van der Waals surface area contributed by atoms with E-state index in [1.165, 1.54) is 11.8 Å². The average molecular weight is 249 g/mol. The normalized spacial score (nSPS) is 10.6. The molecule has 4 nitrogen and oxygen atoms in total. The van der Waals surface area contributed by atoms with Gasteiger partial charge in [-0.2, -0.15) is 0 Å². The quantitative estimate of drug-likeness (QED) is 0.814. The predicted molar refractivity (Wildman–Crippen MR) is 67.5 cm³/mol. The summed E-state index contributed by atoms with van der Waals surface area (Å²) in [6.07, 6.45) is 0.0829. The zero-order valence-electron chi connectivity index (χ0n) is 8.97. The molecular formula is C12H11NO3S. The maximum Gasteiger partial charge on any atom is 0.304 e. The van der Waals surface area contributed by atoms with Gasteiger partial charge in [-0.25, -0.2) is 0 Å². The van der Waals surface area contributed by atoms with Gasteiger partial charge in [0, 0.05) is 11.1 Å². The van der Waals surface area contributed by atoms with Crippen molar-refractivity contribution in [2.24, 2.45) is 0 Å². The second-order valence-corrected chi connectivity index (χ2v) is 4.68. The Labute approximate surface area is 102 Å². The minimum absolute atomic E-state index is 0.0829. The molecule has 17 heavy (non-hydrogen) atoms. The average Bonchev–Trinajstić information content (AvgIpc) is 2.28. The lowest BCUT2D eigenvalue weighted by molar-refractivity contribution is -0.136. The Morgan fingerprint density at radius 1 is 1.35 bits per heavy atom. The highest BCUT2D eigenvalue weighted by Crippen LogP contribution is 2.19. The summed E-state index contributed by atoms with van der Waals surface area (Å²) in [5.41, 5.74) is -0.138. The van der Waals surface area contributed by atoms with Crippen LogP contribution in [0, 0.1) is 0 Å².